The molecule has 0 heterocycles. The van der Waals surface area contributed by atoms with Gasteiger partial charge < -0.3 is 15.3 Å². The van der Waals surface area contributed by atoms with Gasteiger partial charge in [0.2, 0.25) is 0 Å². The number of allylic oxidation sites excluding steroid dienone is 2. The lowest BCUT2D eigenvalue weighted by Gasteiger charge is -2.16. The van der Waals surface area contributed by atoms with Crippen molar-refractivity contribution < 1.29 is 9.90 Å². The number of carbonyl (C=O) groups excluding carboxylic acids is 1. The molecule has 0 aliphatic carbocycles. The summed E-state index contributed by atoms with van der Waals surface area (Å²) in [5.74, 6) is 0. The summed E-state index contributed by atoms with van der Waals surface area (Å²) in [6, 6.07) is -0.0909. The maximum Gasteiger partial charge on any atom is 0.317 e. The molecule has 0 radical (unpaired) electrons. The van der Waals surface area contributed by atoms with Gasteiger partial charge in [-0.2, -0.15) is 0 Å². The van der Waals surface area contributed by atoms with Gasteiger partial charge in [-0.15, -0.1) is 0 Å². The molecule has 4 heteroatoms. The molecule has 2 N–H and O–H groups in total. The quantitative estimate of drug-likeness (QED) is 0.242. The van der Waals surface area contributed by atoms with E-state index < -0.39 is 0 Å². The summed E-state index contributed by atoms with van der Waals surface area (Å²) < 4.78 is 0. The molecule has 0 aromatic carbocycles. The molecule has 2 amide bonds. The van der Waals surface area contributed by atoms with Gasteiger partial charge in [-0.05, 0) is 32.1 Å². The van der Waals surface area contributed by atoms with Crippen molar-refractivity contribution in [2.24, 2.45) is 0 Å². The zero-order chi connectivity index (χ0) is 19.3. The summed E-state index contributed by atoms with van der Waals surface area (Å²) in [4.78, 5) is 13.1. The molecule has 0 aromatic heterocycles. The number of hydrogen-bond donors (Lipinski definition) is 2. The highest BCUT2D eigenvalue weighted by atomic mass is 16.3. The number of nitrogens with zero attached hydrogens (tertiary/aromatic N) is 1. The van der Waals surface area contributed by atoms with Crippen LogP contribution in [0, 0.1) is 0 Å². The molecule has 4 nitrogen and oxygen atoms in total. The SMILES string of the molecule is CCCCCCCCC=CCCCCCCCCNC(=O)N(C)CCO. The minimum Gasteiger partial charge on any atom is -0.395 e. The summed E-state index contributed by atoms with van der Waals surface area (Å²) in [6.07, 6.45) is 22.9. The van der Waals surface area contributed by atoms with Gasteiger partial charge in [0.05, 0.1) is 6.61 Å². The van der Waals surface area contributed by atoms with Gasteiger partial charge in [0, 0.05) is 20.1 Å². The second kappa shape index (κ2) is 20.3. The summed E-state index contributed by atoms with van der Waals surface area (Å²) in [6.45, 7) is 3.40. The molecular weight excluding hydrogens is 324 g/mol. The first kappa shape index (κ1) is 25.0. The van der Waals surface area contributed by atoms with Crippen LogP contribution in [0.2, 0.25) is 0 Å². The molecule has 0 unspecified atom stereocenters. The topological polar surface area (TPSA) is 52.6 Å². The number of urea groups is 1. The molecule has 26 heavy (non-hydrogen) atoms. The number of carbonyl (C=O) groups is 1. The summed E-state index contributed by atoms with van der Waals surface area (Å²) >= 11 is 0. The van der Waals surface area contributed by atoms with E-state index in [0.717, 1.165) is 13.0 Å². The van der Waals surface area contributed by atoms with Gasteiger partial charge in [0.15, 0.2) is 0 Å². The van der Waals surface area contributed by atoms with Gasteiger partial charge in [-0.1, -0.05) is 76.9 Å². The lowest BCUT2D eigenvalue weighted by molar-refractivity contribution is 0.190. The van der Waals surface area contributed by atoms with Crippen molar-refractivity contribution in [1.29, 1.82) is 0 Å². The van der Waals surface area contributed by atoms with Gasteiger partial charge in [0.1, 0.15) is 0 Å². The maximum atomic E-state index is 11.6. The van der Waals surface area contributed by atoms with Crippen molar-refractivity contribution in [3.05, 3.63) is 12.2 Å². The number of rotatable bonds is 18. The molecule has 0 atom stereocenters. The smallest absolute Gasteiger partial charge is 0.317 e. The monoisotopic (exact) mass is 368 g/mol. The van der Waals surface area contributed by atoms with E-state index in [0.29, 0.717) is 6.54 Å². The van der Waals surface area contributed by atoms with Crippen LogP contribution in [-0.4, -0.2) is 42.8 Å². The van der Waals surface area contributed by atoms with Crippen molar-refractivity contribution in [2.75, 3.05) is 26.7 Å². The highest BCUT2D eigenvalue weighted by Gasteiger charge is 2.05. The van der Waals surface area contributed by atoms with Crippen LogP contribution < -0.4 is 5.32 Å². The number of hydrogen-bond acceptors (Lipinski definition) is 2. The first-order valence-electron chi connectivity index (χ1n) is 11.0. The average Bonchev–Trinajstić information content (AvgIpc) is 2.64. The Hall–Kier alpha value is -1.03. The normalized spacial score (nSPS) is 11.2. The predicted molar refractivity (Wildman–Crippen MR) is 113 cm³/mol. The first-order valence-corrected chi connectivity index (χ1v) is 11.0. The number of amides is 2. The van der Waals surface area contributed by atoms with Crippen LogP contribution in [0.3, 0.4) is 0 Å². The van der Waals surface area contributed by atoms with E-state index in [2.05, 4.69) is 24.4 Å². The number of nitrogens with one attached hydrogen (secondary N) is 1. The molecule has 0 aromatic rings. The highest BCUT2D eigenvalue weighted by molar-refractivity contribution is 5.73. The van der Waals surface area contributed by atoms with E-state index in [-0.39, 0.29) is 12.6 Å². The molecule has 0 rings (SSSR count). The van der Waals surface area contributed by atoms with Crippen molar-refractivity contribution in [2.45, 2.75) is 96.8 Å². The van der Waals surface area contributed by atoms with Gasteiger partial charge in [-0.25, -0.2) is 4.79 Å². The Kier molecular flexibility index (Phi) is 19.5. The molecule has 0 bridgehead atoms. The van der Waals surface area contributed by atoms with Gasteiger partial charge in [-0.3, -0.25) is 0 Å². The first-order chi connectivity index (χ1) is 12.7. The van der Waals surface area contributed by atoms with Gasteiger partial charge >= 0.3 is 6.03 Å². The van der Waals surface area contributed by atoms with E-state index >= 15 is 0 Å². The third kappa shape index (κ3) is 17.8. The predicted octanol–water partition coefficient (Wildman–Crippen LogP) is 5.66. The third-order valence-electron chi connectivity index (χ3n) is 4.75. The standard InChI is InChI=1S/C22H44N2O2/c1-3-4-5-6-7-8-9-10-11-12-13-14-15-16-17-18-19-23-22(26)24(2)20-21-25/h10-11,25H,3-9,12-21H2,1-2H3,(H,23,26). The third-order valence-corrected chi connectivity index (χ3v) is 4.75. The molecule has 0 aliphatic rings. The second-order valence-electron chi connectivity index (χ2n) is 7.31. The Morgan fingerprint density at radius 1 is 0.846 bits per heavy atom. The van der Waals surface area contributed by atoms with E-state index in [1.165, 1.54) is 88.4 Å². The largest absolute Gasteiger partial charge is 0.395 e. The van der Waals surface area contributed by atoms with E-state index in [9.17, 15) is 4.79 Å². The number of unbranched alkanes of at least 4 members (excludes halogenated alkanes) is 12. The Balaban J connectivity index is 3.21. The Labute approximate surface area is 162 Å². The number of aliphatic hydroxyl groups is 1. The van der Waals surface area contributed by atoms with Crippen molar-refractivity contribution in [3.8, 4) is 0 Å². The number of aliphatic hydroxyl groups excluding tert-OH is 1. The minimum atomic E-state index is -0.0909. The molecule has 0 saturated carbocycles. The Morgan fingerprint density at radius 2 is 1.35 bits per heavy atom. The molecular formula is C22H44N2O2. The minimum absolute atomic E-state index is 0.0121. The van der Waals surface area contributed by atoms with E-state index in [1.54, 1.807) is 7.05 Å². The zero-order valence-corrected chi connectivity index (χ0v) is 17.5. The lowest BCUT2D eigenvalue weighted by Crippen LogP contribution is -2.39. The fourth-order valence-electron chi connectivity index (χ4n) is 2.95. The van der Waals surface area contributed by atoms with Crippen LogP contribution in [0.4, 0.5) is 4.79 Å². The Bertz CT molecular complexity index is 332. The van der Waals surface area contributed by atoms with Crippen LogP contribution in [-0.2, 0) is 0 Å². The van der Waals surface area contributed by atoms with Crippen LogP contribution >= 0.6 is 0 Å². The van der Waals surface area contributed by atoms with Gasteiger partial charge in [0.25, 0.3) is 0 Å². The van der Waals surface area contributed by atoms with Crippen LogP contribution in [0.5, 0.6) is 0 Å². The number of likely N-dealkylation sites (N-methyl/N-ethyl adjacent to an activating group) is 1. The second-order valence-corrected chi connectivity index (χ2v) is 7.31. The van der Waals surface area contributed by atoms with Crippen molar-refractivity contribution in [1.82, 2.24) is 10.2 Å². The molecule has 154 valence electrons. The fraction of sp³-hybridized carbons (Fsp3) is 0.864. The van der Waals surface area contributed by atoms with E-state index in [4.69, 9.17) is 5.11 Å². The zero-order valence-electron chi connectivity index (χ0n) is 17.5. The molecule has 0 fully saturated rings. The highest BCUT2D eigenvalue weighted by Crippen LogP contribution is 2.09. The fourth-order valence-corrected chi connectivity index (χ4v) is 2.95. The van der Waals surface area contributed by atoms with Crippen LogP contribution in [0.15, 0.2) is 12.2 Å². The summed E-state index contributed by atoms with van der Waals surface area (Å²) in [5, 5.41) is 11.7. The maximum absolute atomic E-state index is 11.6. The summed E-state index contributed by atoms with van der Waals surface area (Å²) in [5.41, 5.74) is 0. The van der Waals surface area contributed by atoms with E-state index in [1.807, 2.05) is 0 Å². The average molecular weight is 369 g/mol. The van der Waals surface area contributed by atoms with Crippen molar-refractivity contribution in [3.63, 3.8) is 0 Å². The molecule has 0 aliphatic heterocycles. The van der Waals surface area contributed by atoms with Crippen LogP contribution in [0.25, 0.3) is 0 Å². The Morgan fingerprint density at radius 3 is 1.88 bits per heavy atom. The molecule has 0 spiro atoms. The van der Waals surface area contributed by atoms with Crippen LogP contribution in [0.1, 0.15) is 96.8 Å². The summed E-state index contributed by atoms with van der Waals surface area (Å²) in [7, 11) is 1.70. The lowest BCUT2D eigenvalue weighted by atomic mass is 10.1. The van der Waals surface area contributed by atoms with Crippen molar-refractivity contribution >= 4 is 6.03 Å². The molecule has 0 saturated heterocycles.